The number of nitrogens with two attached hydrogens (primary N) is 1. The van der Waals surface area contributed by atoms with Crippen molar-refractivity contribution in [3.63, 3.8) is 0 Å². The molecule has 0 saturated heterocycles. The standard InChI is InChI=1S/C13H17NO5/c1-19-13(18)8-5-9(7-16)12(17)10(6-8)11(14)3-2-4-15/h5-7,11,15,17H,2-4,14H2,1H3. The first-order valence-electron chi connectivity index (χ1n) is 5.82. The molecular formula is C13H17NO5. The van der Waals surface area contributed by atoms with E-state index in [1.165, 1.54) is 19.2 Å². The lowest BCUT2D eigenvalue weighted by Crippen LogP contribution is -2.13. The van der Waals surface area contributed by atoms with Gasteiger partial charge in [-0.25, -0.2) is 4.79 Å². The predicted molar refractivity (Wildman–Crippen MR) is 68.1 cm³/mol. The molecule has 0 amide bonds. The minimum Gasteiger partial charge on any atom is -0.507 e. The molecule has 0 heterocycles. The molecule has 1 unspecified atom stereocenters. The van der Waals surface area contributed by atoms with Crippen molar-refractivity contribution in [1.82, 2.24) is 0 Å². The fourth-order valence-electron chi connectivity index (χ4n) is 1.75. The van der Waals surface area contributed by atoms with Gasteiger partial charge in [-0.15, -0.1) is 0 Å². The largest absolute Gasteiger partial charge is 0.507 e. The molecule has 0 saturated carbocycles. The molecule has 0 aliphatic heterocycles. The number of carbonyl (C=O) groups is 2. The Morgan fingerprint density at radius 2 is 2.21 bits per heavy atom. The number of ether oxygens (including phenoxy) is 1. The van der Waals surface area contributed by atoms with E-state index < -0.39 is 12.0 Å². The Morgan fingerprint density at radius 3 is 2.74 bits per heavy atom. The monoisotopic (exact) mass is 267 g/mol. The molecule has 0 aliphatic carbocycles. The molecule has 0 spiro atoms. The van der Waals surface area contributed by atoms with E-state index >= 15 is 0 Å². The van der Waals surface area contributed by atoms with Crippen LogP contribution >= 0.6 is 0 Å². The van der Waals surface area contributed by atoms with E-state index in [9.17, 15) is 14.7 Å². The smallest absolute Gasteiger partial charge is 0.337 e. The quantitative estimate of drug-likeness (QED) is 0.518. The van der Waals surface area contributed by atoms with Crippen molar-refractivity contribution in [3.8, 4) is 5.75 Å². The average Bonchev–Trinajstić information content (AvgIpc) is 2.44. The summed E-state index contributed by atoms with van der Waals surface area (Å²) in [7, 11) is 1.22. The Morgan fingerprint density at radius 1 is 1.53 bits per heavy atom. The Kier molecular flexibility index (Phi) is 5.47. The molecule has 1 rings (SSSR count). The highest BCUT2D eigenvalue weighted by atomic mass is 16.5. The molecule has 6 heteroatoms. The van der Waals surface area contributed by atoms with Crippen LogP contribution in [0.3, 0.4) is 0 Å². The third-order valence-corrected chi connectivity index (χ3v) is 2.79. The summed E-state index contributed by atoms with van der Waals surface area (Å²) in [6, 6.07) is 2.07. The second kappa shape index (κ2) is 6.86. The highest BCUT2D eigenvalue weighted by Gasteiger charge is 2.18. The number of methoxy groups -OCH3 is 1. The van der Waals surface area contributed by atoms with E-state index in [4.69, 9.17) is 10.8 Å². The average molecular weight is 267 g/mol. The zero-order chi connectivity index (χ0) is 14.4. The predicted octanol–water partition coefficient (Wildman–Crippen LogP) is 0.764. The second-order valence-electron chi connectivity index (χ2n) is 4.09. The number of phenolic OH excluding ortho intramolecular Hbond substituents is 1. The summed E-state index contributed by atoms with van der Waals surface area (Å²) in [6.45, 7) is -0.0221. The number of hydrogen-bond acceptors (Lipinski definition) is 6. The first-order valence-corrected chi connectivity index (χ1v) is 5.82. The van der Waals surface area contributed by atoms with Gasteiger partial charge >= 0.3 is 5.97 Å². The van der Waals surface area contributed by atoms with Gasteiger partial charge in [0.1, 0.15) is 5.75 Å². The summed E-state index contributed by atoms with van der Waals surface area (Å²) < 4.78 is 4.57. The van der Waals surface area contributed by atoms with Crippen LogP contribution in [0.1, 0.15) is 45.2 Å². The molecule has 0 fully saturated rings. The van der Waals surface area contributed by atoms with E-state index in [2.05, 4.69) is 4.74 Å². The molecular weight excluding hydrogens is 250 g/mol. The van der Waals surface area contributed by atoms with Crippen molar-refractivity contribution in [2.24, 2.45) is 5.73 Å². The van der Waals surface area contributed by atoms with E-state index in [1.807, 2.05) is 0 Å². The number of esters is 1. The lowest BCUT2D eigenvalue weighted by atomic mass is 9.96. The first-order chi connectivity index (χ1) is 9.04. The lowest BCUT2D eigenvalue weighted by molar-refractivity contribution is 0.0600. The molecule has 1 aromatic carbocycles. The number of rotatable bonds is 6. The van der Waals surface area contributed by atoms with Gasteiger partial charge in [0.25, 0.3) is 0 Å². The maximum atomic E-state index is 11.5. The van der Waals surface area contributed by atoms with Gasteiger partial charge in [0.05, 0.1) is 18.2 Å². The fourth-order valence-corrected chi connectivity index (χ4v) is 1.75. The third kappa shape index (κ3) is 3.52. The summed E-state index contributed by atoms with van der Waals surface area (Å²) >= 11 is 0. The number of carbonyl (C=O) groups excluding carboxylic acids is 2. The minimum atomic E-state index is -0.612. The Hall–Kier alpha value is -1.92. The van der Waals surface area contributed by atoms with Crippen LogP contribution in [0.2, 0.25) is 0 Å². The Labute approximate surface area is 110 Å². The van der Waals surface area contributed by atoms with Gasteiger partial charge < -0.3 is 20.7 Å². The zero-order valence-corrected chi connectivity index (χ0v) is 10.6. The van der Waals surface area contributed by atoms with E-state index in [-0.39, 0.29) is 23.5 Å². The SMILES string of the molecule is COC(=O)c1cc(C=O)c(O)c(C(N)CCCO)c1. The van der Waals surface area contributed by atoms with Crippen LogP contribution in [-0.4, -0.2) is 36.2 Å². The second-order valence-corrected chi connectivity index (χ2v) is 4.09. The molecule has 19 heavy (non-hydrogen) atoms. The van der Waals surface area contributed by atoms with Gasteiger partial charge in [0.2, 0.25) is 0 Å². The normalized spacial score (nSPS) is 11.9. The van der Waals surface area contributed by atoms with Crippen LogP contribution in [0.5, 0.6) is 5.75 Å². The Balaban J connectivity index is 3.21. The fraction of sp³-hybridized carbons (Fsp3) is 0.385. The van der Waals surface area contributed by atoms with Crippen LogP contribution in [0.4, 0.5) is 0 Å². The highest BCUT2D eigenvalue weighted by molar-refractivity contribution is 5.93. The van der Waals surface area contributed by atoms with E-state index in [1.54, 1.807) is 0 Å². The summed E-state index contributed by atoms with van der Waals surface area (Å²) in [5.41, 5.74) is 6.30. The molecule has 6 nitrogen and oxygen atoms in total. The van der Waals surface area contributed by atoms with E-state index in [0.717, 1.165) is 0 Å². The highest BCUT2D eigenvalue weighted by Crippen LogP contribution is 2.30. The van der Waals surface area contributed by atoms with Gasteiger partial charge in [-0.05, 0) is 25.0 Å². The number of hydrogen-bond donors (Lipinski definition) is 3. The van der Waals surface area contributed by atoms with Crippen LogP contribution in [-0.2, 0) is 4.74 Å². The molecule has 0 radical (unpaired) electrons. The summed E-state index contributed by atoms with van der Waals surface area (Å²) in [4.78, 5) is 22.4. The number of aliphatic hydroxyl groups excluding tert-OH is 1. The van der Waals surface area contributed by atoms with Gasteiger partial charge in [-0.2, -0.15) is 0 Å². The first kappa shape index (κ1) is 15.1. The van der Waals surface area contributed by atoms with Crippen molar-refractivity contribution >= 4 is 12.3 Å². The number of aldehydes is 1. The van der Waals surface area contributed by atoms with Gasteiger partial charge in [-0.3, -0.25) is 4.79 Å². The van der Waals surface area contributed by atoms with Crippen LogP contribution in [0, 0.1) is 0 Å². The van der Waals surface area contributed by atoms with E-state index in [0.29, 0.717) is 24.7 Å². The molecule has 0 bridgehead atoms. The van der Waals surface area contributed by atoms with Crippen LogP contribution in [0.15, 0.2) is 12.1 Å². The topological polar surface area (TPSA) is 110 Å². The molecule has 1 aromatic rings. The van der Waals surface area contributed by atoms with Crippen LogP contribution in [0.25, 0.3) is 0 Å². The molecule has 0 aliphatic rings. The maximum Gasteiger partial charge on any atom is 0.337 e. The number of phenols is 1. The lowest BCUT2D eigenvalue weighted by Gasteiger charge is -2.15. The number of benzene rings is 1. The molecule has 104 valence electrons. The maximum absolute atomic E-state index is 11.5. The summed E-state index contributed by atoms with van der Waals surface area (Å²) in [5, 5.41) is 18.7. The van der Waals surface area contributed by atoms with Crippen LogP contribution < -0.4 is 5.73 Å². The Bertz CT molecular complexity index is 472. The molecule has 4 N–H and O–H groups in total. The summed E-state index contributed by atoms with van der Waals surface area (Å²) in [5.74, 6) is -0.855. The number of aromatic hydroxyl groups is 1. The molecule has 0 aromatic heterocycles. The van der Waals surface area contributed by atoms with Crippen molar-refractivity contribution in [2.75, 3.05) is 13.7 Å². The minimum absolute atomic E-state index is 0.0163. The van der Waals surface area contributed by atoms with Gasteiger partial charge in [0, 0.05) is 18.2 Å². The van der Waals surface area contributed by atoms with Gasteiger partial charge in [0.15, 0.2) is 6.29 Å². The van der Waals surface area contributed by atoms with Crippen molar-refractivity contribution in [2.45, 2.75) is 18.9 Å². The van der Waals surface area contributed by atoms with Crippen molar-refractivity contribution < 1.29 is 24.5 Å². The number of aliphatic hydroxyl groups is 1. The van der Waals surface area contributed by atoms with Gasteiger partial charge in [-0.1, -0.05) is 0 Å². The van der Waals surface area contributed by atoms with Crippen molar-refractivity contribution in [3.05, 3.63) is 28.8 Å². The van der Waals surface area contributed by atoms with Crippen molar-refractivity contribution in [1.29, 1.82) is 0 Å². The third-order valence-electron chi connectivity index (χ3n) is 2.79. The summed E-state index contributed by atoms with van der Waals surface area (Å²) in [6.07, 6.45) is 1.33. The zero-order valence-electron chi connectivity index (χ0n) is 10.6. The molecule has 1 atom stereocenters.